The number of thioether (sulfide) groups is 1. The number of nitrogens with one attached hydrogen (secondary N) is 1. The monoisotopic (exact) mass is 410 g/mol. The quantitative estimate of drug-likeness (QED) is 0.737. The van der Waals surface area contributed by atoms with Crippen LogP contribution in [0, 0.1) is 5.82 Å². The van der Waals surface area contributed by atoms with Crippen LogP contribution < -0.4 is 10.2 Å². The van der Waals surface area contributed by atoms with Crippen LogP contribution in [0.3, 0.4) is 0 Å². The van der Waals surface area contributed by atoms with E-state index in [9.17, 15) is 14.0 Å². The number of benzene rings is 2. The van der Waals surface area contributed by atoms with Gasteiger partial charge in [0.05, 0.1) is 17.1 Å². The molecule has 2 aromatic carbocycles. The van der Waals surface area contributed by atoms with Crippen LogP contribution in [0.15, 0.2) is 64.4 Å². The van der Waals surface area contributed by atoms with Crippen molar-refractivity contribution in [3.8, 4) is 0 Å². The lowest BCUT2D eigenvalue weighted by Gasteiger charge is -2.30. The van der Waals surface area contributed by atoms with Gasteiger partial charge in [0.25, 0.3) is 5.91 Å². The zero-order chi connectivity index (χ0) is 20.2. The zero-order valence-electron chi connectivity index (χ0n) is 16.1. The van der Waals surface area contributed by atoms with E-state index in [0.29, 0.717) is 11.4 Å². The van der Waals surface area contributed by atoms with Gasteiger partial charge >= 0.3 is 0 Å². The SMILES string of the molecule is O=C(/C=C1/Sc2ccccc2N(Cc2ccc(F)cc2)C1=O)NC1CCCCC1. The molecule has 0 saturated heterocycles. The summed E-state index contributed by atoms with van der Waals surface area (Å²) in [5, 5.41) is 3.04. The molecule has 1 N–H and O–H groups in total. The molecule has 2 aliphatic rings. The van der Waals surface area contributed by atoms with Crippen molar-refractivity contribution in [3.05, 3.63) is 70.9 Å². The highest BCUT2D eigenvalue weighted by molar-refractivity contribution is 8.04. The highest BCUT2D eigenvalue weighted by Crippen LogP contribution is 2.41. The van der Waals surface area contributed by atoms with Crippen LogP contribution in [0.4, 0.5) is 10.1 Å². The first-order chi connectivity index (χ1) is 14.1. The molecule has 0 radical (unpaired) electrons. The molecule has 0 bridgehead atoms. The second kappa shape index (κ2) is 8.82. The number of anilines is 1. The van der Waals surface area contributed by atoms with Crippen LogP contribution in [0.2, 0.25) is 0 Å². The third-order valence-electron chi connectivity index (χ3n) is 5.30. The largest absolute Gasteiger partial charge is 0.350 e. The fourth-order valence-electron chi connectivity index (χ4n) is 3.80. The van der Waals surface area contributed by atoms with Gasteiger partial charge in [-0.05, 0) is 42.7 Å². The van der Waals surface area contributed by atoms with E-state index < -0.39 is 0 Å². The molecule has 6 heteroatoms. The highest BCUT2D eigenvalue weighted by atomic mass is 32.2. The number of halogens is 1. The lowest BCUT2D eigenvalue weighted by atomic mass is 9.95. The van der Waals surface area contributed by atoms with Crippen molar-refractivity contribution in [2.45, 2.75) is 49.6 Å². The molecule has 1 aliphatic heterocycles. The summed E-state index contributed by atoms with van der Waals surface area (Å²) in [6.07, 6.45) is 6.90. The summed E-state index contributed by atoms with van der Waals surface area (Å²) < 4.78 is 13.2. The molecule has 29 heavy (non-hydrogen) atoms. The van der Waals surface area contributed by atoms with Crippen LogP contribution in [0.25, 0.3) is 0 Å². The Kier molecular flexibility index (Phi) is 6.00. The number of hydrogen-bond donors (Lipinski definition) is 1. The third-order valence-corrected chi connectivity index (χ3v) is 6.38. The van der Waals surface area contributed by atoms with Gasteiger partial charge in [0.15, 0.2) is 0 Å². The summed E-state index contributed by atoms with van der Waals surface area (Å²) in [6.45, 7) is 0.318. The second-order valence-electron chi connectivity index (χ2n) is 7.44. The van der Waals surface area contributed by atoms with Crippen LogP contribution >= 0.6 is 11.8 Å². The van der Waals surface area contributed by atoms with Crippen LogP contribution in [-0.4, -0.2) is 17.9 Å². The van der Waals surface area contributed by atoms with Crippen molar-refractivity contribution >= 4 is 29.3 Å². The van der Waals surface area contributed by atoms with Gasteiger partial charge in [0.1, 0.15) is 5.82 Å². The highest BCUT2D eigenvalue weighted by Gasteiger charge is 2.30. The van der Waals surface area contributed by atoms with Crippen molar-refractivity contribution in [3.63, 3.8) is 0 Å². The van der Waals surface area contributed by atoms with Crippen molar-refractivity contribution < 1.29 is 14.0 Å². The maximum atomic E-state index is 13.2. The molecule has 1 heterocycles. The Labute approximate surface area is 174 Å². The number of fused-ring (bicyclic) bond motifs is 1. The Hall–Kier alpha value is -2.60. The third kappa shape index (κ3) is 4.70. The summed E-state index contributed by atoms with van der Waals surface area (Å²) in [5.41, 5.74) is 1.63. The lowest BCUT2D eigenvalue weighted by Crippen LogP contribution is -2.37. The Morgan fingerprint density at radius 3 is 2.59 bits per heavy atom. The van der Waals surface area contributed by atoms with Gasteiger partial charge < -0.3 is 10.2 Å². The van der Waals surface area contributed by atoms with E-state index in [-0.39, 0.29) is 23.7 Å². The van der Waals surface area contributed by atoms with Gasteiger partial charge in [-0.15, -0.1) is 0 Å². The van der Waals surface area contributed by atoms with Crippen LogP contribution in [-0.2, 0) is 16.1 Å². The van der Waals surface area contributed by atoms with E-state index in [4.69, 9.17) is 0 Å². The predicted molar refractivity (Wildman–Crippen MR) is 113 cm³/mol. The standard InChI is InChI=1S/C23H23FN2O2S/c24-17-12-10-16(11-13-17)15-26-19-8-4-5-9-20(19)29-21(23(26)28)14-22(27)25-18-6-2-1-3-7-18/h4-5,8-14,18H,1-3,6-7,15H2,(H,25,27)/b21-14+. The average Bonchev–Trinajstić information content (AvgIpc) is 2.73. The zero-order valence-corrected chi connectivity index (χ0v) is 16.9. The maximum Gasteiger partial charge on any atom is 0.265 e. The summed E-state index contributed by atoms with van der Waals surface area (Å²) in [4.78, 5) is 28.7. The molecule has 0 atom stereocenters. The molecule has 2 amide bonds. The molecule has 2 aromatic rings. The Balaban J connectivity index is 1.57. The number of nitrogens with zero attached hydrogens (tertiary/aromatic N) is 1. The van der Waals surface area contributed by atoms with Gasteiger partial charge in [0, 0.05) is 17.0 Å². The number of carbonyl (C=O) groups excluding carboxylic acids is 2. The van der Waals surface area contributed by atoms with Crippen LogP contribution in [0.1, 0.15) is 37.7 Å². The van der Waals surface area contributed by atoms with Crippen molar-refractivity contribution in [1.82, 2.24) is 5.32 Å². The van der Waals surface area contributed by atoms with Crippen molar-refractivity contribution in [2.24, 2.45) is 0 Å². The predicted octanol–water partition coefficient (Wildman–Crippen LogP) is 4.80. The molecule has 0 spiro atoms. The smallest absolute Gasteiger partial charge is 0.265 e. The summed E-state index contributed by atoms with van der Waals surface area (Å²) in [7, 11) is 0. The average molecular weight is 411 g/mol. The molecule has 4 nitrogen and oxygen atoms in total. The molecule has 150 valence electrons. The summed E-state index contributed by atoms with van der Waals surface area (Å²) in [5.74, 6) is -0.736. The van der Waals surface area contributed by atoms with E-state index in [1.807, 2.05) is 24.3 Å². The van der Waals surface area contributed by atoms with Gasteiger partial charge in [-0.25, -0.2) is 4.39 Å². The minimum Gasteiger partial charge on any atom is -0.350 e. The number of rotatable bonds is 4. The van der Waals surface area contributed by atoms with E-state index in [1.54, 1.807) is 17.0 Å². The second-order valence-corrected chi connectivity index (χ2v) is 8.52. The van der Waals surface area contributed by atoms with Gasteiger partial charge in [-0.1, -0.05) is 55.3 Å². The van der Waals surface area contributed by atoms with Crippen LogP contribution in [0.5, 0.6) is 0 Å². The Morgan fingerprint density at radius 2 is 1.83 bits per heavy atom. The van der Waals surface area contributed by atoms with E-state index in [1.165, 1.54) is 36.4 Å². The van der Waals surface area contributed by atoms with Gasteiger partial charge in [-0.3, -0.25) is 9.59 Å². The molecular formula is C23H23FN2O2S. The molecule has 4 rings (SSSR count). The summed E-state index contributed by atoms with van der Waals surface area (Å²) in [6, 6.07) is 13.9. The molecule has 0 aromatic heterocycles. The minimum atomic E-state index is -0.311. The topological polar surface area (TPSA) is 49.4 Å². The van der Waals surface area contributed by atoms with E-state index >= 15 is 0 Å². The Morgan fingerprint density at radius 1 is 1.10 bits per heavy atom. The number of hydrogen-bond acceptors (Lipinski definition) is 3. The molecule has 0 unspecified atom stereocenters. The number of para-hydroxylation sites is 1. The number of carbonyl (C=O) groups is 2. The molecular weight excluding hydrogens is 387 g/mol. The van der Waals surface area contributed by atoms with E-state index in [0.717, 1.165) is 41.8 Å². The first-order valence-corrected chi connectivity index (χ1v) is 10.8. The first kappa shape index (κ1) is 19.7. The fraction of sp³-hybridized carbons (Fsp3) is 0.304. The number of amides is 2. The summed E-state index contributed by atoms with van der Waals surface area (Å²) >= 11 is 1.32. The van der Waals surface area contributed by atoms with Crippen molar-refractivity contribution in [2.75, 3.05) is 4.90 Å². The van der Waals surface area contributed by atoms with E-state index in [2.05, 4.69) is 5.32 Å². The minimum absolute atomic E-state index is 0.194. The maximum absolute atomic E-state index is 13.2. The fourth-order valence-corrected chi connectivity index (χ4v) is 4.83. The first-order valence-electron chi connectivity index (χ1n) is 9.95. The van der Waals surface area contributed by atoms with Gasteiger partial charge in [-0.2, -0.15) is 0 Å². The van der Waals surface area contributed by atoms with Crippen molar-refractivity contribution in [1.29, 1.82) is 0 Å². The molecule has 1 saturated carbocycles. The molecule has 1 aliphatic carbocycles. The lowest BCUT2D eigenvalue weighted by molar-refractivity contribution is -0.118. The Bertz CT molecular complexity index is 936. The normalized spacial score (nSPS) is 18.6. The molecule has 1 fully saturated rings. The van der Waals surface area contributed by atoms with Gasteiger partial charge in [0.2, 0.25) is 5.91 Å².